The predicted octanol–water partition coefficient (Wildman–Crippen LogP) is 1.53. The number of hydrogen-bond donors (Lipinski definition) is 0. The fourth-order valence-corrected chi connectivity index (χ4v) is 2.42. The summed E-state index contributed by atoms with van der Waals surface area (Å²) in [5.41, 5.74) is 0.536. The maximum absolute atomic E-state index is 11.4. The molecule has 0 N–H and O–H groups in total. The lowest BCUT2D eigenvalue weighted by atomic mass is 10.1. The van der Waals surface area contributed by atoms with Crippen LogP contribution in [0.1, 0.15) is 18.4 Å². The Labute approximate surface area is 137 Å². The van der Waals surface area contributed by atoms with E-state index in [9.17, 15) is 9.90 Å². The highest BCUT2D eigenvalue weighted by molar-refractivity contribution is 8.03. The number of thioether (sulfide) groups is 1. The van der Waals surface area contributed by atoms with Gasteiger partial charge in [-0.25, -0.2) is 0 Å². The summed E-state index contributed by atoms with van der Waals surface area (Å²) in [5.74, 6) is 0.163. The minimum absolute atomic E-state index is 0.0807. The van der Waals surface area contributed by atoms with Crippen LogP contribution < -0.4 is 14.6 Å². The van der Waals surface area contributed by atoms with Crippen LogP contribution in [0.4, 0.5) is 0 Å². The molecule has 0 amide bonds. The van der Waals surface area contributed by atoms with E-state index in [0.717, 1.165) is 11.8 Å². The molecular weight excluding hydrogens is 320 g/mol. The van der Waals surface area contributed by atoms with E-state index in [1.165, 1.54) is 20.3 Å². The zero-order valence-electron chi connectivity index (χ0n) is 12.9. The smallest absolute Gasteiger partial charge is 0.281 e. The van der Waals surface area contributed by atoms with Crippen LogP contribution in [0, 0.1) is 0 Å². The van der Waals surface area contributed by atoms with Crippen molar-refractivity contribution in [3.63, 3.8) is 0 Å². The van der Waals surface area contributed by atoms with Crippen LogP contribution in [0.15, 0.2) is 32.7 Å². The molecule has 0 unspecified atom stereocenters. The van der Waals surface area contributed by atoms with Crippen LogP contribution in [-0.4, -0.2) is 30.4 Å². The van der Waals surface area contributed by atoms with Gasteiger partial charge in [0, 0.05) is 16.9 Å². The molecule has 0 fully saturated rings. The molecule has 0 bridgehead atoms. The summed E-state index contributed by atoms with van der Waals surface area (Å²) in [7, 11) is 3.02. The van der Waals surface area contributed by atoms with Crippen molar-refractivity contribution in [3.05, 3.63) is 34.6 Å². The van der Waals surface area contributed by atoms with Crippen molar-refractivity contribution in [1.82, 2.24) is 10.2 Å². The van der Waals surface area contributed by atoms with E-state index in [4.69, 9.17) is 13.9 Å². The number of rotatable bonds is 7. The van der Waals surface area contributed by atoms with E-state index in [2.05, 4.69) is 10.2 Å². The Morgan fingerprint density at radius 3 is 2.70 bits per heavy atom. The molecule has 122 valence electrons. The van der Waals surface area contributed by atoms with Gasteiger partial charge >= 0.3 is 0 Å². The highest BCUT2D eigenvalue weighted by atomic mass is 32.2. The standard InChI is InChI=1S/C15H16N2O5S/c1-4-13-16-17-15(22-13)23-12(14(18)19)8-9-7-10(20-2)5-6-11(9)21-3/h5-8H,4H2,1-3H3,(H,18,19)/p-1/b12-8-. The zero-order chi connectivity index (χ0) is 16.8. The van der Waals surface area contributed by atoms with E-state index in [1.54, 1.807) is 18.2 Å². The van der Waals surface area contributed by atoms with Crippen LogP contribution in [0.2, 0.25) is 0 Å². The Kier molecular flexibility index (Phi) is 5.64. The number of carbonyl (C=O) groups is 1. The van der Waals surface area contributed by atoms with Crippen molar-refractivity contribution < 1.29 is 23.8 Å². The van der Waals surface area contributed by atoms with Crippen molar-refractivity contribution in [2.45, 2.75) is 18.6 Å². The summed E-state index contributed by atoms with van der Waals surface area (Å²) in [6.07, 6.45) is 1.98. The second-order valence-corrected chi connectivity index (χ2v) is 5.31. The van der Waals surface area contributed by atoms with E-state index < -0.39 is 5.97 Å². The summed E-state index contributed by atoms with van der Waals surface area (Å²) in [6.45, 7) is 1.86. The van der Waals surface area contributed by atoms with E-state index in [1.807, 2.05) is 6.92 Å². The summed E-state index contributed by atoms with van der Waals surface area (Å²) in [6, 6.07) is 5.06. The minimum Gasteiger partial charge on any atom is -0.544 e. The third-order valence-electron chi connectivity index (χ3n) is 2.87. The largest absolute Gasteiger partial charge is 0.544 e. The second kappa shape index (κ2) is 7.68. The van der Waals surface area contributed by atoms with Gasteiger partial charge in [-0.15, -0.1) is 10.2 Å². The number of carbonyl (C=O) groups excluding carboxylic acids is 1. The lowest BCUT2D eigenvalue weighted by Gasteiger charge is -2.10. The van der Waals surface area contributed by atoms with Gasteiger partial charge in [0.05, 0.1) is 20.2 Å². The Hall–Kier alpha value is -2.48. The SMILES string of the molecule is CCc1nnc(S/C(=C\c2cc(OC)ccc2OC)C(=O)[O-])o1. The first-order valence-corrected chi connectivity index (χ1v) is 7.54. The number of hydrogen-bond acceptors (Lipinski definition) is 8. The highest BCUT2D eigenvalue weighted by Gasteiger charge is 2.12. The lowest BCUT2D eigenvalue weighted by Crippen LogP contribution is -2.23. The van der Waals surface area contributed by atoms with Crippen LogP contribution in [0.25, 0.3) is 6.08 Å². The molecule has 0 spiro atoms. The van der Waals surface area contributed by atoms with Crippen molar-refractivity contribution in [3.8, 4) is 11.5 Å². The predicted molar refractivity (Wildman–Crippen MR) is 82.1 cm³/mol. The first-order chi connectivity index (χ1) is 11.1. The van der Waals surface area contributed by atoms with Gasteiger partial charge in [0.15, 0.2) is 0 Å². The van der Waals surface area contributed by atoms with Crippen LogP contribution in [-0.2, 0) is 11.2 Å². The minimum atomic E-state index is -1.35. The molecule has 0 radical (unpaired) electrons. The molecule has 1 heterocycles. The zero-order valence-corrected chi connectivity index (χ0v) is 13.7. The number of aromatic nitrogens is 2. The van der Waals surface area contributed by atoms with Crippen molar-refractivity contribution in [1.29, 1.82) is 0 Å². The summed E-state index contributed by atoms with van der Waals surface area (Å²) >= 11 is 0.823. The van der Waals surface area contributed by atoms with Gasteiger partial charge in [-0.2, -0.15) is 0 Å². The summed E-state index contributed by atoms with van der Waals surface area (Å²) in [5, 5.41) is 19.1. The molecule has 2 rings (SSSR count). The van der Waals surface area contributed by atoms with Gasteiger partial charge in [0.2, 0.25) is 5.89 Å². The molecular formula is C15H15N2O5S-. The third-order valence-corrected chi connectivity index (χ3v) is 3.72. The number of carboxylic acid groups (broad SMARTS) is 1. The summed E-state index contributed by atoms with van der Waals surface area (Å²) < 4.78 is 15.7. The van der Waals surface area contributed by atoms with Crippen LogP contribution in [0.5, 0.6) is 11.5 Å². The topological polar surface area (TPSA) is 97.5 Å². The maximum atomic E-state index is 11.4. The molecule has 2 aromatic rings. The fourth-order valence-electron chi connectivity index (χ4n) is 1.74. The van der Waals surface area contributed by atoms with Gasteiger partial charge < -0.3 is 23.8 Å². The Morgan fingerprint density at radius 1 is 1.35 bits per heavy atom. The second-order valence-electron chi connectivity index (χ2n) is 4.32. The quantitative estimate of drug-likeness (QED) is 0.555. The summed E-state index contributed by atoms with van der Waals surface area (Å²) in [4.78, 5) is 11.3. The molecule has 0 aliphatic heterocycles. The van der Waals surface area contributed by atoms with E-state index in [-0.39, 0.29) is 10.1 Å². The van der Waals surface area contributed by atoms with Gasteiger partial charge in [-0.1, -0.05) is 6.92 Å². The lowest BCUT2D eigenvalue weighted by molar-refractivity contribution is -0.298. The molecule has 1 aromatic heterocycles. The molecule has 23 heavy (non-hydrogen) atoms. The van der Waals surface area contributed by atoms with Crippen molar-refractivity contribution >= 4 is 23.8 Å². The normalized spacial score (nSPS) is 11.3. The Bertz CT molecular complexity index is 726. The van der Waals surface area contributed by atoms with Gasteiger partial charge in [0.25, 0.3) is 5.22 Å². The van der Waals surface area contributed by atoms with Gasteiger partial charge in [-0.05, 0) is 36.0 Å². The number of carboxylic acids is 1. The monoisotopic (exact) mass is 335 g/mol. The number of nitrogens with zero attached hydrogens (tertiary/aromatic N) is 2. The van der Waals surface area contributed by atoms with E-state index in [0.29, 0.717) is 29.4 Å². The number of benzene rings is 1. The van der Waals surface area contributed by atoms with Gasteiger partial charge in [-0.3, -0.25) is 0 Å². The van der Waals surface area contributed by atoms with Crippen molar-refractivity contribution in [2.75, 3.05) is 14.2 Å². The number of ether oxygens (including phenoxy) is 2. The average Bonchev–Trinajstić information content (AvgIpc) is 3.01. The Morgan fingerprint density at radius 2 is 2.13 bits per heavy atom. The molecule has 1 aromatic carbocycles. The number of methoxy groups -OCH3 is 2. The first kappa shape index (κ1) is 16.9. The van der Waals surface area contributed by atoms with E-state index >= 15 is 0 Å². The fraction of sp³-hybridized carbons (Fsp3) is 0.267. The molecule has 0 atom stereocenters. The maximum Gasteiger partial charge on any atom is 0.281 e. The first-order valence-electron chi connectivity index (χ1n) is 6.72. The van der Waals surface area contributed by atoms with Gasteiger partial charge in [0.1, 0.15) is 11.5 Å². The molecule has 8 heteroatoms. The highest BCUT2D eigenvalue weighted by Crippen LogP contribution is 2.31. The average molecular weight is 335 g/mol. The molecule has 0 saturated heterocycles. The molecule has 7 nitrogen and oxygen atoms in total. The van der Waals surface area contributed by atoms with Crippen molar-refractivity contribution in [2.24, 2.45) is 0 Å². The Balaban J connectivity index is 2.36. The van der Waals surface area contributed by atoms with Crippen LogP contribution in [0.3, 0.4) is 0 Å². The molecule has 0 aliphatic rings. The number of aryl methyl sites for hydroxylation is 1. The number of aliphatic carboxylic acids is 1. The molecule has 0 saturated carbocycles. The third kappa shape index (κ3) is 4.26. The molecule has 0 aliphatic carbocycles. The van der Waals surface area contributed by atoms with Crippen LogP contribution >= 0.6 is 11.8 Å².